The first kappa shape index (κ1) is 8.95. The second kappa shape index (κ2) is 2.68. The van der Waals surface area contributed by atoms with Crippen LogP contribution in [0.5, 0.6) is 0 Å². The van der Waals surface area contributed by atoms with Gasteiger partial charge in [0.1, 0.15) is 6.29 Å². The molecule has 0 saturated heterocycles. The predicted octanol–water partition coefficient (Wildman–Crippen LogP) is 1.80. The molecule has 72 valence electrons. The highest BCUT2D eigenvalue weighted by Crippen LogP contribution is 2.54. The van der Waals surface area contributed by atoms with Crippen molar-refractivity contribution in [1.29, 1.82) is 0 Å². The van der Waals surface area contributed by atoms with Crippen molar-refractivity contribution >= 4 is 6.29 Å². The molecule has 0 aliphatic heterocycles. The third-order valence-electron chi connectivity index (χ3n) is 2.74. The summed E-state index contributed by atoms with van der Waals surface area (Å²) in [6.45, 7) is 6.14. The fraction of sp³-hybridized carbons (Fsp3) is 0.727. The van der Waals surface area contributed by atoms with E-state index in [0.29, 0.717) is 11.8 Å². The van der Waals surface area contributed by atoms with Crippen LogP contribution in [-0.4, -0.2) is 18.0 Å². The van der Waals surface area contributed by atoms with Gasteiger partial charge in [-0.25, -0.2) is 0 Å². The quantitative estimate of drug-likeness (QED) is 0.478. The number of carbonyl (C=O) groups is 1. The molecule has 0 aromatic carbocycles. The minimum atomic E-state index is -0.111. The van der Waals surface area contributed by atoms with Gasteiger partial charge in [-0.2, -0.15) is 0 Å². The summed E-state index contributed by atoms with van der Waals surface area (Å²) in [6.07, 6.45) is 5.46. The second-order valence-corrected chi connectivity index (χ2v) is 4.95. The monoisotopic (exact) mass is 180 g/mol. The second-order valence-electron chi connectivity index (χ2n) is 4.95. The predicted molar refractivity (Wildman–Crippen MR) is 50.3 cm³/mol. The Labute approximate surface area is 79.0 Å². The van der Waals surface area contributed by atoms with Gasteiger partial charge in [0.2, 0.25) is 0 Å². The Morgan fingerprint density at radius 3 is 2.46 bits per heavy atom. The molecular formula is C11H16O2. The zero-order chi connectivity index (χ0) is 9.64. The summed E-state index contributed by atoms with van der Waals surface area (Å²) in [5, 5.41) is 0. The van der Waals surface area contributed by atoms with E-state index in [1.165, 1.54) is 0 Å². The molecule has 0 amide bonds. The van der Waals surface area contributed by atoms with Gasteiger partial charge < -0.3 is 9.53 Å². The molecule has 1 saturated carbocycles. The normalized spacial score (nSPS) is 41.8. The SMILES string of the molecule is CC(C)(C)O[C@H]1C=CC2C(C=O)C21. The van der Waals surface area contributed by atoms with Gasteiger partial charge in [0.25, 0.3) is 0 Å². The van der Waals surface area contributed by atoms with Gasteiger partial charge in [0, 0.05) is 11.8 Å². The lowest BCUT2D eigenvalue weighted by atomic mass is 10.1. The van der Waals surface area contributed by atoms with Gasteiger partial charge in [0.05, 0.1) is 11.7 Å². The fourth-order valence-corrected chi connectivity index (χ4v) is 2.15. The molecule has 0 aromatic rings. The number of ether oxygens (including phenoxy) is 1. The third-order valence-corrected chi connectivity index (χ3v) is 2.74. The molecule has 0 aromatic heterocycles. The number of fused-ring (bicyclic) bond motifs is 1. The number of aldehydes is 1. The fourth-order valence-electron chi connectivity index (χ4n) is 2.15. The molecule has 2 nitrogen and oxygen atoms in total. The first-order valence-corrected chi connectivity index (χ1v) is 4.84. The van der Waals surface area contributed by atoms with Crippen LogP contribution in [0.1, 0.15) is 20.8 Å². The summed E-state index contributed by atoms with van der Waals surface area (Å²) in [5.74, 6) is 1.15. The molecule has 2 aliphatic carbocycles. The van der Waals surface area contributed by atoms with E-state index in [2.05, 4.69) is 12.2 Å². The molecule has 0 N–H and O–H groups in total. The van der Waals surface area contributed by atoms with E-state index in [4.69, 9.17) is 4.74 Å². The van der Waals surface area contributed by atoms with Crippen molar-refractivity contribution < 1.29 is 9.53 Å². The van der Waals surface area contributed by atoms with Crippen molar-refractivity contribution in [2.75, 3.05) is 0 Å². The van der Waals surface area contributed by atoms with Crippen LogP contribution in [0.25, 0.3) is 0 Å². The average molecular weight is 180 g/mol. The van der Waals surface area contributed by atoms with Crippen LogP contribution in [-0.2, 0) is 9.53 Å². The summed E-state index contributed by atoms with van der Waals surface area (Å²) in [4.78, 5) is 10.6. The van der Waals surface area contributed by atoms with Crippen molar-refractivity contribution in [3.05, 3.63) is 12.2 Å². The molecule has 0 spiro atoms. The molecule has 0 bridgehead atoms. The molecule has 4 atom stereocenters. The summed E-state index contributed by atoms with van der Waals surface area (Å²) >= 11 is 0. The summed E-state index contributed by atoms with van der Waals surface area (Å²) in [6, 6.07) is 0. The van der Waals surface area contributed by atoms with Gasteiger partial charge in [0.15, 0.2) is 0 Å². The maximum absolute atomic E-state index is 10.6. The molecule has 2 heteroatoms. The first-order valence-electron chi connectivity index (χ1n) is 4.84. The molecule has 2 rings (SSSR count). The zero-order valence-corrected chi connectivity index (χ0v) is 8.36. The summed E-state index contributed by atoms with van der Waals surface area (Å²) in [5.41, 5.74) is -0.111. The maximum Gasteiger partial charge on any atom is 0.124 e. The van der Waals surface area contributed by atoms with Crippen molar-refractivity contribution in [3.8, 4) is 0 Å². The van der Waals surface area contributed by atoms with Crippen molar-refractivity contribution in [2.45, 2.75) is 32.5 Å². The summed E-state index contributed by atoms with van der Waals surface area (Å²) in [7, 11) is 0. The van der Waals surface area contributed by atoms with Gasteiger partial charge in [-0.3, -0.25) is 0 Å². The van der Waals surface area contributed by atoms with E-state index in [0.717, 1.165) is 6.29 Å². The minimum Gasteiger partial charge on any atom is -0.368 e. The van der Waals surface area contributed by atoms with Gasteiger partial charge in [-0.15, -0.1) is 0 Å². The van der Waals surface area contributed by atoms with Gasteiger partial charge in [-0.1, -0.05) is 12.2 Å². The highest BCUT2D eigenvalue weighted by molar-refractivity contribution is 5.62. The lowest BCUT2D eigenvalue weighted by molar-refractivity contribution is -0.110. The average Bonchev–Trinajstić information content (AvgIpc) is 2.57. The number of hydrogen-bond donors (Lipinski definition) is 0. The van der Waals surface area contributed by atoms with Crippen LogP contribution in [0.3, 0.4) is 0 Å². The zero-order valence-electron chi connectivity index (χ0n) is 8.36. The highest BCUT2D eigenvalue weighted by Gasteiger charge is 2.56. The Balaban J connectivity index is 1.97. The highest BCUT2D eigenvalue weighted by atomic mass is 16.5. The Hall–Kier alpha value is -0.630. The topological polar surface area (TPSA) is 26.3 Å². The molecule has 3 unspecified atom stereocenters. The number of hydrogen-bond acceptors (Lipinski definition) is 2. The minimum absolute atomic E-state index is 0.111. The van der Waals surface area contributed by atoms with Crippen LogP contribution in [0.15, 0.2) is 12.2 Å². The van der Waals surface area contributed by atoms with Crippen LogP contribution >= 0.6 is 0 Å². The lowest BCUT2D eigenvalue weighted by Gasteiger charge is -2.24. The summed E-state index contributed by atoms with van der Waals surface area (Å²) < 4.78 is 5.84. The largest absolute Gasteiger partial charge is 0.368 e. The van der Waals surface area contributed by atoms with E-state index in [1.54, 1.807) is 0 Å². The van der Waals surface area contributed by atoms with Gasteiger partial charge in [-0.05, 0) is 26.7 Å². The Morgan fingerprint density at radius 1 is 1.31 bits per heavy atom. The van der Waals surface area contributed by atoms with Crippen LogP contribution in [0.2, 0.25) is 0 Å². The Bertz CT molecular complexity index is 245. The van der Waals surface area contributed by atoms with E-state index in [1.807, 2.05) is 20.8 Å². The van der Waals surface area contributed by atoms with E-state index in [9.17, 15) is 4.79 Å². The number of carbonyl (C=O) groups excluding carboxylic acids is 1. The molecule has 1 fully saturated rings. The van der Waals surface area contributed by atoms with E-state index >= 15 is 0 Å². The van der Waals surface area contributed by atoms with Crippen LogP contribution < -0.4 is 0 Å². The first-order chi connectivity index (χ1) is 6.03. The number of rotatable bonds is 2. The maximum atomic E-state index is 10.6. The van der Waals surface area contributed by atoms with E-state index < -0.39 is 0 Å². The molecule has 2 aliphatic rings. The van der Waals surface area contributed by atoms with Crippen LogP contribution in [0.4, 0.5) is 0 Å². The molecule has 0 heterocycles. The molecular weight excluding hydrogens is 164 g/mol. The van der Waals surface area contributed by atoms with Crippen molar-refractivity contribution in [3.63, 3.8) is 0 Å². The Kier molecular flexibility index (Phi) is 1.84. The van der Waals surface area contributed by atoms with Crippen LogP contribution in [0, 0.1) is 17.8 Å². The molecule has 0 radical (unpaired) electrons. The molecule has 13 heavy (non-hydrogen) atoms. The van der Waals surface area contributed by atoms with Crippen molar-refractivity contribution in [2.24, 2.45) is 17.8 Å². The Morgan fingerprint density at radius 2 is 2.00 bits per heavy atom. The van der Waals surface area contributed by atoms with E-state index in [-0.39, 0.29) is 17.6 Å². The standard InChI is InChI=1S/C11H16O2/c1-11(2,3)13-9-5-4-7-8(6-12)10(7)9/h4-10H,1-3H3/t7?,8?,9-,10?/m0/s1. The van der Waals surface area contributed by atoms with Gasteiger partial charge >= 0.3 is 0 Å². The lowest BCUT2D eigenvalue weighted by Crippen LogP contribution is -2.27. The smallest absolute Gasteiger partial charge is 0.124 e. The van der Waals surface area contributed by atoms with Crippen molar-refractivity contribution in [1.82, 2.24) is 0 Å². The number of allylic oxidation sites excluding steroid dienone is 1. The third kappa shape index (κ3) is 1.55.